The van der Waals surface area contributed by atoms with Crippen molar-refractivity contribution in [2.24, 2.45) is 5.92 Å². The average molecular weight is 415 g/mol. The molecule has 5 nitrogen and oxygen atoms in total. The zero-order chi connectivity index (χ0) is 21.8. The van der Waals surface area contributed by atoms with Crippen molar-refractivity contribution in [2.75, 3.05) is 13.2 Å². The maximum Gasteiger partial charge on any atom is 0.407 e. The fourth-order valence-electron chi connectivity index (χ4n) is 4.21. The fraction of sp³-hybridized carbons (Fsp3) is 0.231. The molecule has 31 heavy (non-hydrogen) atoms. The van der Waals surface area contributed by atoms with E-state index in [-0.39, 0.29) is 19.1 Å². The van der Waals surface area contributed by atoms with Crippen LogP contribution in [0.15, 0.2) is 72.8 Å². The van der Waals surface area contributed by atoms with Crippen molar-refractivity contribution in [3.8, 4) is 11.1 Å². The molecule has 1 aliphatic carbocycles. The number of carbonyl (C=O) groups is 2. The minimum atomic E-state index is -0.942. The molecule has 1 unspecified atom stereocenters. The van der Waals surface area contributed by atoms with E-state index in [1.807, 2.05) is 55.5 Å². The van der Waals surface area contributed by atoms with Crippen LogP contribution in [0, 0.1) is 12.8 Å². The van der Waals surface area contributed by atoms with Crippen LogP contribution < -0.4 is 5.32 Å². The number of ether oxygens (including phenoxy) is 1. The number of amides is 1. The number of hydrogen-bond acceptors (Lipinski definition) is 3. The lowest BCUT2D eigenvalue weighted by molar-refractivity contribution is -0.141. The van der Waals surface area contributed by atoms with Crippen molar-refractivity contribution in [3.05, 3.63) is 95.1 Å². The van der Waals surface area contributed by atoms with Crippen LogP contribution in [-0.4, -0.2) is 30.3 Å². The number of alkyl carbamates (subject to hydrolysis) is 1. The summed E-state index contributed by atoms with van der Waals surface area (Å²) in [5, 5.41) is 12.2. The lowest BCUT2D eigenvalue weighted by atomic mass is 9.96. The summed E-state index contributed by atoms with van der Waals surface area (Å²) in [5.41, 5.74) is 6.60. The van der Waals surface area contributed by atoms with Gasteiger partial charge in [0.05, 0.1) is 5.92 Å². The normalized spacial score (nSPS) is 13.2. The molecule has 3 aromatic carbocycles. The lowest BCUT2D eigenvalue weighted by Crippen LogP contribution is -2.35. The van der Waals surface area contributed by atoms with Crippen molar-refractivity contribution in [3.63, 3.8) is 0 Å². The summed E-state index contributed by atoms with van der Waals surface area (Å²) in [6.45, 7) is 2.17. The van der Waals surface area contributed by atoms with Crippen LogP contribution in [-0.2, 0) is 16.0 Å². The highest BCUT2D eigenvalue weighted by Crippen LogP contribution is 2.44. The molecule has 1 atom stereocenters. The van der Waals surface area contributed by atoms with Gasteiger partial charge in [-0.25, -0.2) is 4.79 Å². The predicted molar refractivity (Wildman–Crippen MR) is 119 cm³/mol. The topological polar surface area (TPSA) is 75.6 Å². The number of nitrogens with one attached hydrogen (secondary N) is 1. The summed E-state index contributed by atoms with van der Waals surface area (Å²) in [6.07, 6.45) is -0.246. The molecule has 0 aliphatic heterocycles. The molecular formula is C26H25NO4. The van der Waals surface area contributed by atoms with Crippen molar-refractivity contribution in [2.45, 2.75) is 19.3 Å². The first-order valence-electron chi connectivity index (χ1n) is 10.4. The first kappa shape index (κ1) is 20.7. The first-order chi connectivity index (χ1) is 15.0. The standard InChI is InChI=1S/C26H25NO4/c1-17-8-2-3-9-18(17)14-19(25(28)29)15-27-26(30)31-16-24-22-12-6-4-10-20(22)21-11-5-7-13-23(21)24/h2-13,19,24H,14-16H2,1H3,(H,27,30)(H,28,29). The molecule has 0 heterocycles. The van der Waals surface area contributed by atoms with Crippen molar-refractivity contribution in [1.29, 1.82) is 0 Å². The third kappa shape index (κ3) is 4.45. The molecule has 0 saturated heterocycles. The molecular weight excluding hydrogens is 390 g/mol. The number of aryl methyl sites for hydroxylation is 1. The van der Waals surface area contributed by atoms with Crippen LogP contribution in [0.1, 0.15) is 28.2 Å². The number of hydrogen-bond donors (Lipinski definition) is 2. The summed E-state index contributed by atoms with van der Waals surface area (Å²) in [7, 11) is 0. The molecule has 0 radical (unpaired) electrons. The van der Waals surface area contributed by atoms with Crippen LogP contribution in [0.2, 0.25) is 0 Å². The van der Waals surface area contributed by atoms with Crippen LogP contribution in [0.3, 0.4) is 0 Å². The van der Waals surface area contributed by atoms with E-state index in [2.05, 4.69) is 29.6 Å². The highest BCUT2D eigenvalue weighted by atomic mass is 16.5. The van der Waals surface area contributed by atoms with E-state index in [1.165, 1.54) is 0 Å². The SMILES string of the molecule is Cc1ccccc1CC(CNC(=O)OCC1c2ccccc2-c2ccccc21)C(=O)O. The molecule has 2 N–H and O–H groups in total. The van der Waals surface area contributed by atoms with Gasteiger partial charge in [0.2, 0.25) is 0 Å². The number of carbonyl (C=O) groups excluding carboxylic acids is 1. The molecule has 4 rings (SSSR count). The number of carboxylic acid groups (broad SMARTS) is 1. The van der Waals surface area contributed by atoms with Gasteiger partial charge in [-0.1, -0.05) is 72.8 Å². The van der Waals surface area contributed by atoms with E-state index in [1.54, 1.807) is 0 Å². The second-order valence-corrected chi connectivity index (χ2v) is 7.87. The summed E-state index contributed by atoms with van der Waals surface area (Å²) < 4.78 is 5.50. The Morgan fingerprint density at radius 3 is 2.13 bits per heavy atom. The van der Waals surface area contributed by atoms with E-state index in [0.29, 0.717) is 6.42 Å². The monoisotopic (exact) mass is 415 g/mol. The van der Waals surface area contributed by atoms with Gasteiger partial charge in [-0.05, 0) is 46.7 Å². The van der Waals surface area contributed by atoms with Crippen molar-refractivity contribution in [1.82, 2.24) is 5.32 Å². The second-order valence-electron chi connectivity index (χ2n) is 7.87. The second kappa shape index (κ2) is 9.04. The Kier molecular flexibility index (Phi) is 6.03. The van der Waals surface area contributed by atoms with E-state index in [0.717, 1.165) is 33.4 Å². The number of aliphatic carboxylic acids is 1. The minimum absolute atomic E-state index is 0.0142. The van der Waals surface area contributed by atoms with Gasteiger partial charge in [-0.2, -0.15) is 0 Å². The Morgan fingerprint density at radius 1 is 0.935 bits per heavy atom. The van der Waals surface area contributed by atoms with Crippen LogP contribution in [0.4, 0.5) is 4.79 Å². The summed E-state index contributed by atoms with van der Waals surface area (Å²) in [4.78, 5) is 24.0. The molecule has 5 heteroatoms. The molecule has 1 amide bonds. The number of fused-ring (bicyclic) bond motifs is 3. The summed E-state index contributed by atoms with van der Waals surface area (Å²) in [6, 6.07) is 23.9. The molecule has 0 spiro atoms. The quantitative estimate of drug-likeness (QED) is 0.582. The maximum atomic E-state index is 12.3. The van der Waals surface area contributed by atoms with Gasteiger partial charge in [-0.3, -0.25) is 4.79 Å². The van der Waals surface area contributed by atoms with Crippen LogP contribution in [0.25, 0.3) is 11.1 Å². The van der Waals surface area contributed by atoms with E-state index in [9.17, 15) is 14.7 Å². The predicted octanol–water partition coefficient (Wildman–Crippen LogP) is 4.78. The minimum Gasteiger partial charge on any atom is -0.481 e. The first-order valence-corrected chi connectivity index (χ1v) is 10.4. The number of benzene rings is 3. The number of carboxylic acids is 1. The van der Waals surface area contributed by atoms with E-state index < -0.39 is 18.0 Å². The Bertz CT molecular complexity index is 1060. The van der Waals surface area contributed by atoms with Crippen LogP contribution >= 0.6 is 0 Å². The van der Waals surface area contributed by atoms with Gasteiger partial charge in [0.25, 0.3) is 0 Å². The lowest BCUT2D eigenvalue weighted by Gasteiger charge is -2.17. The van der Waals surface area contributed by atoms with Gasteiger partial charge in [0.1, 0.15) is 6.61 Å². The maximum absolute atomic E-state index is 12.3. The Balaban J connectivity index is 1.37. The molecule has 0 aromatic heterocycles. The van der Waals surface area contributed by atoms with Crippen LogP contribution in [0.5, 0.6) is 0 Å². The highest BCUT2D eigenvalue weighted by molar-refractivity contribution is 5.79. The van der Waals surface area contributed by atoms with E-state index >= 15 is 0 Å². The fourth-order valence-corrected chi connectivity index (χ4v) is 4.21. The third-order valence-electron chi connectivity index (χ3n) is 5.91. The van der Waals surface area contributed by atoms with Gasteiger partial charge < -0.3 is 15.2 Å². The van der Waals surface area contributed by atoms with Gasteiger partial charge in [-0.15, -0.1) is 0 Å². The van der Waals surface area contributed by atoms with Crippen molar-refractivity contribution >= 4 is 12.1 Å². The summed E-state index contributed by atoms with van der Waals surface area (Å²) in [5.74, 6) is -1.69. The average Bonchev–Trinajstić information content (AvgIpc) is 3.10. The van der Waals surface area contributed by atoms with E-state index in [4.69, 9.17) is 4.74 Å². The highest BCUT2D eigenvalue weighted by Gasteiger charge is 2.29. The molecule has 0 fully saturated rings. The third-order valence-corrected chi connectivity index (χ3v) is 5.91. The molecule has 3 aromatic rings. The molecule has 1 aliphatic rings. The summed E-state index contributed by atoms with van der Waals surface area (Å²) >= 11 is 0. The molecule has 158 valence electrons. The largest absolute Gasteiger partial charge is 0.481 e. The zero-order valence-corrected chi connectivity index (χ0v) is 17.4. The Hall–Kier alpha value is -3.60. The smallest absolute Gasteiger partial charge is 0.407 e. The van der Waals surface area contributed by atoms with Crippen molar-refractivity contribution < 1.29 is 19.4 Å². The number of rotatable bonds is 7. The van der Waals surface area contributed by atoms with Gasteiger partial charge in [0, 0.05) is 12.5 Å². The van der Waals surface area contributed by atoms with Gasteiger partial charge in [0.15, 0.2) is 0 Å². The van der Waals surface area contributed by atoms with Gasteiger partial charge >= 0.3 is 12.1 Å². The molecule has 0 bridgehead atoms. The zero-order valence-electron chi connectivity index (χ0n) is 17.4. The molecule has 0 saturated carbocycles. The Morgan fingerprint density at radius 2 is 1.52 bits per heavy atom. The Labute approximate surface area is 181 Å².